The van der Waals surface area contributed by atoms with Crippen molar-refractivity contribution in [1.82, 2.24) is 10.2 Å². The molecule has 2 heteroatoms. The minimum atomic E-state index is 0.667. The van der Waals surface area contributed by atoms with E-state index < -0.39 is 0 Å². The summed E-state index contributed by atoms with van der Waals surface area (Å²) in [6.45, 7) is 5.86. The van der Waals surface area contributed by atoms with Gasteiger partial charge in [-0.15, -0.1) is 0 Å². The van der Waals surface area contributed by atoms with Gasteiger partial charge >= 0.3 is 0 Å². The van der Waals surface area contributed by atoms with Crippen LogP contribution in [0, 0.1) is 5.92 Å². The third-order valence-electron chi connectivity index (χ3n) is 4.31. The fraction of sp³-hybridized carbons (Fsp3) is 1.00. The molecule has 18 heavy (non-hydrogen) atoms. The lowest BCUT2D eigenvalue weighted by atomic mass is 9.95. The molecule has 3 unspecified atom stereocenters. The molecule has 108 valence electrons. The average molecular weight is 254 g/mol. The van der Waals surface area contributed by atoms with Gasteiger partial charge in [-0.05, 0) is 59.2 Å². The molecule has 0 aliphatic heterocycles. The quantitative estimate of drug-likeness (QED) is 0.697. The van der Waals surface area contributed by atoms with Gasteiger partial charge in [0.1, 0.15) is 0 Å². The fourth-order valence-electron chi connectivity index (χ4n) is 3.18. The van der Waals surface area contributed by atoms with E-state index in [0.717, 1.165) is 12.0 Å². The van der Waals surface area contributed by atoms with Gasteiger partial charge in [0.2, 0.25) is 0 Å². The lowest BCUT2D eigenvalue weighted by Gasteiger charge is -2.23. The summed E-state index contributed by atoms with van der Waals surface area (Å²) in [5, 5.41) is 3.85. The Kier molecular flexibility index (Phi) is 7.92. The van der Waals surface area contributed by atoms with Gasteiger partial charge in [0.05, 0.1) is 0 Å². The lowest BCUT2D eigenvalue weighted by molar-refractivity contribution is 0.335. The summed E-state index contributed by atoms with van der Waals surface area (Å²) in [7, 11) is 4.32. The van der Waals surface area contributed by atoms with Gasteiger partial charge in [0.15, 0.2) is 0 Å². The first-order valence-electron chi connectivity index (χ1n) is 8.02. The number of nitrogens with zero attached hydrogens (tertiary/aromatic N) is 1. The number of hydrogen-bond acceptors (Lipinski definition) is 2. The van der Waals surface area contributed by atoms with Crippen LogP contribution >= 0.6 is 0 Å². The molecule has 0 spiro atoms. The highest BCUT2D eigenvalue weighted by Crippen LogP contribution is 2.26. The van der Waals surface area contributed by atoms with Crippen molar-refractivity contribution in [3.63, 3.8) is 0 Å². The zero-order valence-corrected chi connectivity index (χ0v) is 13.0. The molecule has 1 fully saturated rings. The normalized spacial score (nSPS) is 27.2. The van der Waals surface area contributed by atoms with Crippen LogP contribution in [0.3, 0.4) is 0 Å². The van der Waals surface area contributed by atoms with E-state index in [9.17, 15) is 0 Å². The molecule has 1 aliphatic carbocycles. The molecule has 1 N–H and O–H groups in total. The van der Waals surface area contributed by atoms with Crippen LogP contribution in [0.5, 0.6) is 0 Å². The second-order valence-electron chi connectivity index (χ2n) is 6.52. The minimum absolute atomic E-state index is 0.667. The van der Waals surface area contributed by atoms with Crippen LogP contribution in [-0.2, 0) is 0 Å². The second kappa shape index (κ2) is 8.92. The van der Waals surface area contributed by atoms with Crippen molar-refractivity contribution in [1.29, 1.82) is 0 Å². The van der Waals surface area contributed by atoms with E-state index in [1.165, 1.54) is 57.9 Å². The molecular formula is C16H34N2. The van der Waals surface area contributed by atoms with E-state index in [-0.39, 0.29) is 0 Å². The maximum absolute atomic E-state index is 3.85. The summed E-state index contributed by atoms with van der Waals surface area (Å²) in [5.41, 5.74) is 0. The maximum atomic E-state index is 3.85. The standard InChI is InChI=1S/C16H34N2/c1-5-7-15-8-6-9-16(11-10-15)17-14(2)12-13-18(3)4/h14-17H,5-13H2,1-4H3. The van der Waals surface area contributed by atoms with Crippen molar-refractivity contribution in [2.24, 2.45) is 5.92 Å². The van der Waals surface area contributed by atoms with Gasteiger partial charge in [-0.1, -0.05) is 32.6 Å². The van der Waals surface area contributed by atoms with Gasteiger partial charge in [-0.2, -0.15) is 0 Å². The van der Waals surface area contributed by atoms with Gasteiger partial charge in [0, 0.05) is 12.1 Å². The Morgan fingerprint density at radius 2 is 1.94 bits per heavy atom. The van der Waals surface area contributed by atoms with E-state index in [1.54, 1.807) is 0 Å². The molecule has 0 aromatic carbocycles. The topological polar surface area (TPSA) is 15.3 Å². The molecule has 0 aromatic heterocycles. The first-order chi connectivity index (χ1) is 8.61. The summed E-state index contributed by atoms with van der Waals surface area (Å²) in [6.07, 6.45) is 11.2. The Hall–Kier alpha value is -0.0800. The smallest absolute Gasteiger partial charge is 0.00696 e. The monoisotopic (exact) mass is 254 g/mol. The first-order valence-corrected chi connectivity index (χ1v) is 8.02. The molecule has 0 saturated heterocycles. The van der Waals surface area contributed by atoms with E-state index in [1.807, 2.05) is 0 Å². The third kappa shape index (κ3) is 6.75. The van der Waals surface area contributed by atoms with Crippen molar-refractivity contribution in [3.8, 4) is 0 Å². The van der Waals surface area contributed by atoms with E-state index in [0.29, 0.717) is 6.04 Å². The van der Waals surface area contributed by atoms with Crippen molar-refractivity contribution in [2.45, 2.75) is 77.3 Å². The van der Waals surface area contributed by atoms with E-state index in [4.69, 9.17) is 0 Å². The first kappa shape index (κ1) is 16.0. The van der Waals surface area contributed by atoms with Crippen LogP contribution in [0.1, 0.15) is 65.2 Å². The molecule has 1 rings (SSSR count). The molecule has 1 saturated carbocycles. The summed E-state index contributed by atoms with van der Waals surface area (Å²) in [4.78, 5) is 2.28. The van der Waals surface area contributed by atoms with Crippen LogP contribution in [-0.4, -0.2) is 37.6 Å². The summed E-state index contributed by atoms with van der Waals surface area (Å²) in [5.74, 6) is 1.01. The van der Waals surface area contributed by atoms with Gasteiger partial charge in [0.25, 0.3) is 0 Å². The van der Waals surface area contributed by atoms with Crippen molar-refractivity contribution < 1.29 is 0 Å². The highest BCUT2D eigenvalue weighted by atomic mass is 15.1. The summed E-state index contributed by atoms with van der Waals surface area (Å²) in [6, 6.07) is 1.45. The van der Waals surface area contributed by atoms with Crippen LogP contribution < -0.4 is 5.32 Å². The predicted octanol–water partition coefficient (Wildman–Crippen LogP) is 3.67. The van der Waals surface area contributed by atoms with Crippen molar-refractivity contribution >= 4 is 0 Å². The second-order valence-corrected chi connectivity index (χ2v) is 6.52. The lowest BCUT2D eigenvalue weighted by Crippen LogP contribution is -2.37. The Morgan fingerprint density at radius 3 is 2.61 bits per heavy atom. The highest BCUT2D eigenvalue weighted by Gasteiger charge is 2.19. The zero-order chi connectivity index (χ0) is 13.4. The molecular weight excluding hydrogens is 220 g/mol. The number of rotatable bonds is 7. The molecule has 2 nitrogen and oxygen atoms in total. The molecule has 0 bridgehead atoms. The molecule has 0 amide bonds. The Balaban J connectivity index is 2.21. The van der Waals surface area contributed by atoms with Crippen molar-refractivity contribution in [2.75, 3.05) is 20.6 Å². The fourth-order valence-corrected chi connectivity index (χ4v) is 3.18. The largest absolute Gasteiger partial charge is 0.311 e. The molecule has 0 radical (unpaired) electrons. The van der Waals surface area contributed by atoms with Crippen LogP contribution in [0.4, 0.5) is 0 Å². The minimum Gasteiger partial charge on any atom is -0.311 e. The van der Waals surface area contributed by atoms with Gasteiger partial charge in [-0.25, -0.2) is 0 Å². The summed E-state index contributed by atoms with van der Waals surface area (Å²) < 4.78 is 0. The Labute approximate surface area is 115 Å². The predicted molar refractivity (Wildman–Crippen MR) is 81.0 cm³/mol. The molecule has 3 atom stereocenters. The average Bonchev–Trinajstić information content (AvgIpc) is 2.53. The maximum Gasteiger partial charge on any atom is 0.00696 e. The van der Waals surface area contributed by atoms with Crippen LogP contribution in [0.15, 0.2) is 0 Å². The van der Waals surface area contributed by atoms with E-state index >= 15 is 0 Å². The van der Waals surface area contributed by atoms with Gasteiger partial charge in [-0.3, -0.25) is 0 Å². The molecule has 0 heterocycles. The highest BCUT2D eigenvalue weighted by molar-refractivity contribution is 4.77. The molecule has 1 aliphatic rings. The van der Waals surface area contributed by atoms with E-state index in [2.05, 4.69) is 38.2 Å². The number of nitrogens with one attached hydrogen (secondary N) is 1. The Bertz CT molecular complexity index is 203. The summed E-state index contributed by atoms with van der Waals surface area (Å²) >= 11 is 0. The van der Waals surface area contributed by atoms with Crippen molar-refractivity contribution in [3.05, 3.63) is 0 Å². The van der Waals surface area contributed by atoms with Crippen LogP contribution in [0.25, 0.3) is 0 Å². The number of hydrogen-bond donors (Lipinski definition) is 1. The zero-order valence-electron chi connectivity index (χ0n) is 13.0. The Morgan fingerprint density at radius 1 is 1.17 bits per heavy atom. The van der Waals surface area contributed by atoms with Gasteiger partial charge < -0.3 is 10.2 Å². The third-order valence-corrected chi connectivity index (χ3v) is 4.31. The molecule has 0 aromatic rings. The van der Waals surface area contributed by atoms with Crippen LogP contribution in [0.2, 0.25) is 0 Å². The SMILES string of the molecule is CCCC1CCCC(NC(C)CCN(C)C)CC1.